The number of carbonyl (C=O) groups excluding carboxylic acids is 3. The third kappa shape index (κ3) is 4.14. The third-order valence-corrected chi connectivity index (χ3v) is 7.12. The van der Waals surface area contributed by atoms with E-state index in [1.807, 2.05) is 37.3 Å². The summed E-state index contributed by atoms with van der Waals surface area (Å²) in [4.78, 5) is 45.9. The van der Waals surface area contributed by atoms with Crippen molar-refractivity contribution in [2.45, 2.75) is 76.0 Å². The van der Waals surface area contributed by atoms with Crippen LogP contribution in [0.15, 0.2) is 36.7 Å². The molecule has 8 heteroatoms. The summed E-state index contributed by atoms with van der Waals surface area (Å²) in [7, 11) is 0. The Bertz CT molecular complexity index is 1060. The Kier molecular flexibility index (Phi) is 5.68. The number of amides is 3. The number of hydrogen-bond donors (Lipinski definition) is 2. The van der Waals surface area contributed by atoms with Crippen LogP contribution < -0.4 is 10.6 Å². The maximum absolute atomic E-state index is 13.6. The Morgan fingerprint density at radius 2 is 1.85 bits per heavy atom. The fourth-order valence-electron chi connectivity index (χ4n) is 5.18. The number of imidazole rings is 1. The lowest BCUT2D eigenvalue weighted by Crippen LogP contribution is -2.65. The van der Waals surface area contributed by atoms with Crippen molar-refractivity contribution in [3.8, 4) is 0 Å². The molecule has 3 aliphatic rings. The average Bonchev–Trinajstić information content (AvgIpc) is 3.31. The number of carbonyl (C=O) groups is 3. The van der Waals surface area contributed by atoms with E-state index in [1.165, 1.54) is 6.33 Å². The molecule has 0 spiro atoms. The van der Waals surface area contributed by atoms with E-state index >= 15 is 0 Å². The molecule has 1 aliphatic heterocycles. The molecule has 8 nitrogen and oxygen atoms in total. The SMILES string of the molecule is CC1(C(=O)NC2CCCC2)Cn2cnc(C(=O)NCCc3ccccc3)c2C(=O)N1C1CC1. The van der Waals surface area contributed by atoms with E-state index in [-0.39, 0.29) is 41.2 Å². The van der Waals surface area contributed by atoms with Crippen LogP contribution in [0, 0.1) is 0 Å². The van der Waals surface area contributed by atoms with Gasteiger partial charge < -0.3 is 20.1 Å². The molecule has 0 saturated heterocycles. The van der Waals surface area contributed by atoms with E-state index < -0.39 is 5.54 Å². The molecule has 1 atom stereocenters. The quantitative estimate of drug-likeness (QED) is 0.678. The predicted molar refractivity (Wildman–Crippen MR) is 123 cm³/mol. The maximum Gasteiger partial charge on any atom is 0.274 e. The van der Waals surface area contributed by atoms with Crippen LogP contribution in [0.4, 0.5) is 0 Å². The van der Waals surface area contributed by atoms with Crippen LogP contribution in [0.25, 0.3) is 0 Å². The smallest absolute Gasteiger partial charge is 0.274 e. The van der Waals surface area contributed by atoms with Gasteiger partial charge in [0.15, 0.2) is 5.69 Å². The lowest BCUT2D eigenvalue weighted by Gasteiger charge is -2.44. The Morgan fingerprint density at radius 3 is 2.55 bits per heavy atom. The van der Waals surface area contributed by atoms with Gasteiger partial charge in [0.2, 0.25) is 5.91 Å². The number of aromatic nitrogens is 2. The van der Waals surface area contributed by atoms with Crippen molar-refractivity contribution in [2.75, 3.05) is 6.54 Å². The van der Waals surface area contributed by atoms with E-state index in [1.54, 1.807) is 9.47 Å². The maximum atomic E-state index is 13.6. The van der Waals surface area contributed by atoms with E-state index in [0.717, 1.165) is 44.1 Å². The van der Waals surface area contributed by atoms with Crippen molar-refractivity contribution in [3.05, 3.63) is 53.6 Å². The highest BCUT2D eigenvalue weighted by Crippen LogP contribution is 2.39. The minimum atomic E-state index is -0.990. The molecule has 2 N–H and O–H groups in total. The van der Waals surface area contributed by atoms with Gasteiger partial charge in [0.25, 0.3) is 11.8 Å². The van der Waals surface area contributed by atoms with Crippen LogP contribution >= 0.6 is 0 Å². The van der Waals surface area contributed by atoms with Gasteiger partial charge >= 0.3 is 0 Å². The molecule has 1 unspecified atom stereocenters. The highest BCUT2D eigenvalue weighted by Gasteiger charge is 2.54. The van der Waals surface area contributed by atoms with Crippen LogP contribution in [-0.4, -0.2) is 56.3 Å². The zero-order valence-electron chi connectivity index (χ0n) is 19.0. The normalized spacial score (nSPS) is 22.8. The standard InChI is InChI=1S/C25H31N5O3/c1-25(24(33)28-18-9-5-6-10-18)15-29-16-27-20(21(29)23(32)30(25)19-11-12-19)22(31)26-14-13-17-7-3-2-4-8-17/h2-4,7-8,16,18-19H,5-6,9-15H2,1H3,(H,26,31)(H,28,33). The second kappa shape index (κ2) is 8.65. The molecule has 0 radical (unpaired) electrons. The Hall–Kier alpha value is -3.16. The number of nitrogens with zero attached hydrogens (tertiary/aromatic N) is 3. The Morgan fingerprint density at radius 1 is 1.12 bits per heavy atom. The molecular formula is C25H31N5O3. The van der Waals surface area contributed by atoms with Gasteiger partial charge in [-0.1, -0.05) is 43.2 Å². The minimum Gasteiger partial charge on any atom is -0.351 e. The lowest BCUT2D eigenvalue weighted by atomic mass is 9.93. The van der Waals surface area contributed by atoms with Crippen molar-refractivity contribution < 1.29 is 14.4 Å². The fraction of sp³-hybridized carbons (Fsp3) is 0.520. The zero-order chi connectivity index (χ0) is 23.0. The second-order valence-electron chi connectivity index (χ2n) is 9.70. The third-order valence-electron chi connectivity index (χ3n) is 7.12. The summed E-state index contributed by atoms with van der Waals surface area (Å²) >= 11 is 0. The van der Waals surface area contributed by atoms with Crippen LogP contribution in [0.1, 0.15) is 72.0 Å². The largest absolute Gasteiger partial charge is 0.351 e. The monoisotopic (exact) mass is 449 g/mol. The van der Waals surface area contributed by atoms with Crippen molar-refractivity contribution in [3.63, 3.8) is 0 Å². The zero-order valence-corrected chi connectivity index (χ0v) is 19.0. The van der Waals surface area contributed by atoms with Gasteiger partial charge in [-0.05, 0) is 44.6 Å². The molecular weight excluding hydrogens is 418 g/mol. The average molecular weight is 450 g/mol. The molecule has 1 aromatic carbocycles. The van der Waals surface area contributed by atoms with Crippen LogP contribution in [0.5, 0.6) is 0 Å². The molecule has 0 bridgehead atoms. The second-order valence-corrected chi connectivity index (χ2v) is 9.70. The van der Waals surface area contributed by atoms with Gasteiger partial charge in [-0.25, -0.2) is 4.98 Å². The van der Waals surface area contributed by atoms with Crippen molar-refractivity contribution in [1.29, 1.82) is 0 Å². The van der Waals surface area contributed by atoms with Gasteiger partial charge in [0, 0.05) is 18.6 Å². The Labute approximate surface area is 193 Å². The van der Waals surface area contributed by atoms with Crippen molar-refractivity contribution >= 4 is 17.7 Å². The number of nitrogens with one attached hydrogen (secondary N) is 2. The molecule has 33 heavy (non-hydrogen) atoms. The molecule has 1 aromatic heterocycles. The van der Waals surface area contributed by atoms with Gasteiger partial charge in [-0.3, -0.25) is 14.4 Å². The number of rotatable bonds is 7. The topological polar surface area (TPSA) is 96.3 Å². The number of hydrogen-bond acceptors (Lipinski definition) is 4. The van der Waals surface area contributed by atoms with E-state index in [4.69, 9.17) is 0 Å². The first-order chi connectivity index (χ1) is 16.0. The summed E-state index contributed by atoms with van der Waals surface area (Å²) in [5, 5.41) is 6.07. The summed E-state index contributed by atoms with van der Waals surface area (Å²) in [6, 6.07) is 10.1. The van der Waals surface area contributed by atoms with Gasteiger partial charge in [0.1, 0.15) is 11.2 Å². The minimum absolute atomic E-state index is 0.0365. The number of benzene rings is 1. The molecule has 2 fully saturated rings. The van der Waals surface area contributed by atoms with Crippen LogP contribution in [0.2, 0.25) is 0 Å². The van der Waals surface area contributed by atoms with E-state index in [2.05, 4.69) is 15.6 Å². The van der Waals surface area contributed by atoms with E-state index in [9.17, 15) is 14.4 Å². The molecule has 2 aliphatic carbocycles. The summed E-state index contributed by atoms with van der Waals surface area (Å²) < 4.78 is 1.68. The highest BCUT2D eigenvalue weighted by molar-refractivity contribution is 6.07. The lowest BCUT2D eigenvalue weighted by molar-refractivity contribution is -0.134. The Balaban J connectivity index is 1.34. The van der Waals surface area contributed by atoms with Gasteiger partial charge in [-0.2, -0.15) is 0 Å². The molecule has 174 valence electrons. The first-order valence-corrected chi connectivity index (χ1v) is 12.0. The molecule has 2 aromatic rings. The van der Waals surface area contributed by atoms with Crippen LogP contribution in [0.3, 0.4) is 0 Å². The highest BCUT2D eigenvalue weighted by atomic mass is 16.2. The predicted octanol–water partition coefficient (Wildman–Crippen LogP) is 2.29. The van der Waals surface area contributed by atoms with Crippen LogP contribution in [-0.2, 0) is 17.8 Å². The summed E-state index contributed by atoms with van der Waals surface area (Å²) in [5.41, 5.74) is 0.558. The van der Waals surface area contributed by atoms with Crippen molar-refractivity contribution in [2.24, 2.45) is 0 Å². The fourth-order valence-corrected chi connectivity index (χ4v) is 5.18. The molecule has 3 amide bonds. The summed E-state index contributed by atoms with van der Waals surface area (Å²) in [5.74, 6) is -0.746. The first-order valence-electron chi connectivity index (χ1n) is 12.0. The van der Waals surface area contributed by atoms with Gasteiger partial charge in [0.05, 0.1) is 12.9 Å². The molecule has 5 rings (SSSR count). The summed E-state index contributed by atoms with van der Waals surface area (Å²) in [6.07, 6.45) is 8.21. The molecule has 2 heterocycles. The first kappa shape index (κ1) is 21.7. The number of fused-ring (bicyclic) bond motifs is 1. The van der Waals surface area contributed by atoms with Crippen molar-refractivity contribution in [1.82, 2.24) is 25.1 Å². The van der Waals surface area contributed by atoms with Gasteiger partial charge in [-0.15, -0.1) is 0 Å². The van der Waals surface area contributed by atoms with E-state index in [0.29, 0.717) is 19.5 Å². The summed E-state index contributed by atoms with van der Waals surface area (Å²) in [6.45, 7) is 2.60. The molecule has 2 saturated carbocycles.